The lowest BCUT2D eigenvalue weighted by Crippen LogP contribution is -2.52. The van der Waals surface area contributed by atoms with E-state index in [2.05, 4.69) is 5.32 Å². The Balaban J connectivity index is 2.11. The molecule has 0 bridgehead atoms. The number of hydrogen-bond acceptors (Lipinski definition) is 5. The highest BCUT2D eigenvalue weighted by Crippen LogP contribution is 2.29. The van der Waals surface area contributed by atoms with Gasteiger partial charge in [0.05, 0.1) is 17.7 Å². The lowest BCUT2D eigenvalue weighted by atomic mass is 10.1. The molecule has 3 rings (SSSR count). The number of rotatable bonds is 12. The van der Waals surface area contributed by atoms with Crippen LogP contribution in [-0.2, 0) is 26.2 Å². The van der Waals surface area contributed by atoms with Crippen molar-refractivity contribution in [1.29, 1.82) is 0 Å². The number of ether oxygens (including phenoxy) is 1. The van der Waals surface area contributed by atoms with E-state index in [0.29, 0.717) is 24.4 Å². The largest absolute Gasteiger partial charge is 0.497 e. The minimum atomic E-state index is -4.12. The van der Waals surface area contributed by atoms with Crippen LogP contribution >= 0.6 is 0 Å². The molecule has 2 amide bonds. The molecule has 0 aliphatic heterocycles. The van der Waals surface area contributed by atoms with E-state index in [0.717, 1.165) is 26.6 Å². The van der Waals surface area contributed by atoms with Gasteiger partial charge in [0.2, 0.25) is 11.8 Å². The van der Waals surface area contributed by atoms with Crippen LogP contribution < -0.4 is 14.4 Å². The van der Waals surface area contributed by atoms with Gasteiger partial charge in [0.15, 0.2) is 0 Å². The minimum Gasteiger partial charge on any atom is -0.497 e. The van der Waals surface area contributed by atoms with Gasteiger partial charge in [-0.15, -0.1) is 0 Å². The molecule has 3 aromatic carbocycles. The molecule has 0 heterocycles. The molecule has 0 aliphatic carbocycles. The number of aryl methyl sites for hydroxylation is 2. The Morgan fingerprint density at radius 3 is 2.25 bits per heavy atom. The predicted molar refractivity (Wildman–Crippen MR) is 158 cm³/mol. The van der Waals surface area contributed by atoms with Crippen LogP contribution in [0.25, 0.3) is 0 Å². The molecule has 0 aliphatic rings. The summed E-state index contributed by atoms with van der Waals surface area (Å²) >= 11 is 0. The molecule has 0 fully saturated rings. The second kappa shape index (κ2) is 13.5. The quantitative estimate of drug-likeness (QED) is 0.342. The van der Waals surface area contributed by atoms with Gasteiger partial charge in [-0.2, -0.15) is 0 Å². The number of hydrogen-bond donors (Lipinski definition) is 1. The zero-order chi connectivity index (χ0) is 29.4. The second-order valence-corrected chi connectivity index (χ2v) is 11.6. The summed E-state index contributed by atoms with van der Waals surface area (Å²) in [4.78, 5) is 28.8. The lowest BCUT2D eigenvalue weighted by molar-refractivity contribution is -0.140. The summed E-state index contributed by atoms with van der Waals surface area (Å²) < 4.78 is 34.6. The van der Waals surface area contributed by atoms with Gasteiger partial charge >= 0.3 is 0 Å². The Hall–Kier alpha value is -3.85. The Bertz CT molecular complexity index is 1440. The molecule has 214 valence electrons. The third-order valence-corrected chi connectivity index (χ3v) is 8.73. The van der Waals surface area contributed by atoms with E-state index in [9.17, 15) is 18.0 Å². The number of carbonyl (C=O) groups excluding carboxylic acids is 2. The van der Waals surface area contributed by atoms with Crippen molar-refractivity contribution < 1.29 is 22.7 Å². The van der Waals surface area contributed by atoms with Crippen LogP contribution in [0.4, 0.5) is 5.69 Å². The van der Waals surface area contributed by atoms with Crippen molar-refractivity contribution in [3.05, 3.63) is 89.0 Å². The first-order valence-electron chi connectivity index (χ1n) is 13.4. The van der Waals surface area contributed by atoms with E-state index >= 15 is 0 Å². The Morgan fingerprint density at radius 2 is 1.62 bits per heavy atom. The second-order valence-electron chi connectivity index (χ2n) is 9.74. The molecule has 40 heavy (non-hydrogen) atoms. The number of nitrogens with zero attached hydrogens (tertiary/aromatic N) is 2. The van der Waals surface area contributed by atoms with E-state index in [1.165, 1.54) is 4.90 Å². The van der Waals surface area contributed by atoms with Crippen LogP contribution in [0, 0.1) is 20.8 Å². The molecule has 8 nitrogen and oxygen atoms in total. The van der Waals surface area contributed by atoms with Crippen LogP contribution in [-0.4, -0.2) is 51.4 Å². The monoisotopic (exact) mass is 565 g/mol. The van der Waals surface area contributed by atoms with Gasteiger partial charge in [0.1, 0.15) is 18.3 Å². The van der Waals surface area contributed by atoms with Crippen LogP contribution in [0.1, 0.15) is 42.5 Å². The van der Waals surface area contributed by atoms with Crippen LogP contribution in [0.15, 0.2) is 71.6 Å². The van der Waals surface area contributed by atoms with Gasteiger partial charge in [0.25, 0.3) is 10.0 Å². The number of amides is 2. The van der Waals surface area contributed by atoms with Crippen molar-refractivity contribution in [1.82, 2.24) is 10.2 Å². The van der Waals surface area contributed by atoms with Crippen molar-refractivity contribution in [2.24, 2.45) is 0 Å². The average Bonchev–Trinajstić information content (AvgIpc) is 2.93. The Kier molecular flexibility index (Phi) is 10.3. The van der Waals surface area contributed by atoms with Crippen LogP contribution in [0.2, 0.25) is 0 Å². The molecular weight excluding hydrogens is 526 g/mol. The zero-order valence-electron chi connectivity index (χ0n) is 24.1. The average molecular weight is 566 g/mol. The molecule has 0 unspecified atom stereocenters. The van der Waals surface area contributed by atoms with E-state index < -0.39 is 28.5 Å². The summed E-state index contributed by atoms with van der Waals surface area (Å²) in [6.07, 6.45) is 0.357. The van der Waals surface area contributed by atoms with Gasteiger partial charge in [-0.05, 0) is 81.1 Å². The highest BCUT2D eigenvalue weighted by molar-refractivity contribution is 7.92. The van der Waals surface area contributed by atoms with Gasteiger partial charge in [-0.1, -0.05) is 48.9 Å². The number of anilines is 1. The maximum absolute atomic E-state index is 14.1. The summed E-state index contributed by atoms with van der Waals surface area (Å²) in [5.41, 5.74) is 3.75. The number of benzene rings is 3. The number of sulfonamides is 1. The summed E-state index contributed by atoms with van der Waals surface area (Å²) in [6.45, 7) is 9.31. The van der Waals surface area contributed by atoms with Crippen molar-refractivity contribution in [2.45, 2.75) is 58.5 Å². The zero-order valence-corrected chi connectivity index (χ0v) is 24.9. The predicted octanol–water partition coefficient (Wildman–Crippen LogP) is 4.76. The molecule has 1 atom stereocenters. The smallest absolute Gasteiger partial charge is 0.264 e. The van der Waals surface area contributed by atoms with Crippen molar-refractivity contribution >= 4 is 27.5 Å². The molecule has 9 heteroatoms. The Morgan fingerprint density at radius 1 is 0.950 bits per heavy atom. The number of nitrogens with one attached hydrogen (secondary N) is 1. The third kappa shape index (κ3) is 7.01. The fraction of sp³-hybridized carbons (Fsp3) is 0.355. The maximum Gasteiger partial charge on any atom is 0.264 e. The fourth-order valence-electron chi connectivity index (χ4n) is 4.54. The van der Waals surface area contributed by atoms with Crippen molar-refractivity contribution in [2.75, 3.05) is 24.5 Å². The van der Waals surface area contributed by atoms with Gasteiger partial charge in [-0.25, -0.2) is 8.42 Å². The number of carbonyl (C=O) groups is 2. The summed E-state index contributed by atoms with van der Waals surface area (Å²) in [5.74, 6) is -0.159. The fourth-order valence-corrected chi connectivity index (χ4v) is 6.01. The van der Waals surface area contributed by atoms with Crippen LogP contribution in [0.3, 0.4) is 0 Å². The first-order valence-corrected chi connectivity index (χ1v) is 14.8. The molecule has 3 aromatic rings. The van der Waals surface area contributed by atoms with Gasteiger partial charge in [-0.3, -0.25) is 13.9 Å². The first-order chi connectivity index (χ1) is 19.0. The Labute approximate surface area is 238 Å². The van der Waals surface area contributed by atoms with E-state index in [-0.39, 0.29) is 17.3 Å². The molecule has 0 spiro atoms. The van der Waals surface area contributed by atoms with E-state index in [1.54, 1.807) is 55.6 Å². The topological polar surface area (TPSA) is 96.0 Å². The number of methoxy groups -OCH3 is 1. The normalized spacial score (nSPS) is 11.9. The first kappa shape index (κ1) is 30.7. The standard InChI is InChI=1S/C31H39N3O5S/c1-7-28(31(36)32-8-2)33(20-25-12-10-13-26(19-25)39-6)30(35)21-34(29-14-9-11-23(4)24(29)5)40(37,38)27-17-15-22(3)16-18-27/h9-19,28H,7-8,20-21H2,1-6H3,(H,32,36)/t28-/m1/s1. The highest BCUT2D eigenvalue weighted by Gasteiger charge is 2.34. The summed E-state index contributed by atoms with van der Waals surface area (Å²) in [5, 5.41) is 2.81. The molecular formula is C31H39N3O5S. The molecule has 0 aromatic heterocycles. The molecule has 0 saturated heterocycles. The van der Waals surface area contributed by atoms with Crippen molar-refractivity contribution in [3.8, 4) is 5.75 Å². The van der Waals surface area contributed by atoms with E-state index in [4.69, 9.17) is 4.74 Å². The van der Waals surface area contributed by atoms with Gasteiger partial charge < -0.3 is 15.0 Å². The van der Waals surface area contributed by atoms with E-state index in [1.807, 2.05) is 52.8 Å². The summed E-state index contributed by atoms with van der Waals surface area (Å²) in [7, 11) is -2.56. The minimum absolute atomic E-state index is 0.0851. The molecule has 0 radical (unpaired) electrons. The van der Waals surface area contributed by atoms with Crippen LogP contribution in [0.5, 0.6) is 5.75 Å². The SMILES string of the molecule is CCNC(=O)[C@@H](CC)N(Cc1cccc(OC)c1)C(=O)CN(c1cccc(C)c1C)S(=O)(=O)c1ccc(C)cc1. The summed E-state index contributed by atoms with van der Waals surface area (Å²) in [6, 6.07) is 18.4. The molecule has 0 saturated carbocycles. The van der Waals surface area contributed by atoms with Gasteiger partial charge in [0, 0.05) is 13.1 Å². The maximum atomic E-state index is 14.1. The molecule has 1 N–H and O–H groups in total. The highest BCUT2D eigenvalue weighted by atomic mass is 32.2. The van der Waals surface area contributed by atoms with Crippen molar-refractivity contribution in [3.63, 3.8) is 0 Å². The lowest BCUT2D eigenvalue weighted by Gasteiger charge is -2.33. The third-order valence-electron chi connectivity index (χ3n) is 6.96. The number of likely N-dealkylation sites (N-methyl/N-ethyl adjacent to an activating group) is 1.